The Balaban J connectivity index is 2.23. The molecule has 4 nitrogen and oxygen atoms in total. The maximum Gasteiger partial charge on any atom is 0.295 e. The van der Waals surface area contributed by atoms with Gasteiger partial charge in [-0.15, -0.1) is 0 Å². The third-order valence-corrected chi connectivity index (χ3v) is 2.16. The Morgan fingerprint density at radius 3 is 3.13 bits per heavy atom. The van der Waals surface area contributed by atoms with Crippen LogP contribution in [0, 0.1) is 0 Å². The molecule has 0 aliphatic heterocycles. The first-order chi connectivity index (χ1) is 7.15. The summed E-state index contributed by atoms with van der Waals surface area (Å²) >= 11 is 5.83. The van der Waals surface area contributed by atoms with Gasteiger partial charge in [-0.1, -0.05) is 11.6 Å². The number of oxazole rings is 1. The number of nitrogens with zero attached hydrogens (tertiary/aromatic N) is 1. The summed E-state index contributed by atoms with van der Waals surface area (Å²) in [6.07, 6.45) is 0. The fraction of sp³-hybridized carbons (Fsp3) is 0.300. The summed E-state index contributed by atoms with van der Waals surface area (Å²) in [5.41, 5.74) is 7.07. The van der Waals surface area contributed by atoms with Gasteiger partial charge in [-0.25, -0.2) is 0 Å². The predicted molar refractivity (Wildman–Crippen MR) is 61.2 cm³/mol. The van der Waals surface area contributed by atoms with Gasteiger partial charge in [0.2, 0.25) is 0 Å². The third kappa shape index (κ3) is 2.40. The Morgan fingerprint density at radius 2 is 2.40 bits per heavy atom. The average Bonchev–Trinajstić information content (AvgIpc) is 2.56. The number of hydrogen-bond donors (Lipinski definition) is 2. The summed E-state index contributed by atoms with van der Waals surface area (Å²) in [5, 5.41) is 3.65. The zero-order chi connectivity index (χ0) is 10.8. The highest BCUT2D eigenvalue weighted by Crippen LogP contribution is 2.21. The van der Waals surface area contributed by atoms with Gasteiger partial charge < -0.3 is 15.5 Å². The molecule has 1 atom stereocenters. The summed E-state index contributed by atoms with van der Waals surface area (Å²) in [7, 11) is 0. The standard InChI is InChI=1S/C10H12ClN3O/c1-6(12)5-13-10-14-8-4-7(11)2-3-9(8)15-10/h2-4,6H,5,12H2,1H3,(H,13,14). The molecular formula is C10H12ClN3O. The van der Waals surface area contributed by atoms with E-state index in [-0.39, 0.29) is 6.04 Å². The minimum absolute atomic E-state index is 0.0589. The van der Waals surface area contributed by atoms with Crippen molar-refractivity contribution in [2.45, 2.75) is 13.0 Å². The molecule has 1 unspecified atom stereocenters. The number of nitrogens with two attached hydrogens (primary N) is 1. The van der Waals surface area contributed by atoms with Crippen molar-refractivity contribution < 1.29 is 4.42 Å². The Hall–Kier alpha value is -1.26. The lowest BCUT2D eigenvalue weighted by Gasteiger charge is -2.03. The quantitative estimate of drug-likeness (QED) is 0.841. The van der Waals surface area contributed by atoms with Gasteiger partial charge in [0.15, 0.2) is 5.58 Å². The fourth-order valence-electron chi connectivity index (χ4n) is 1.22. The van der Waals surface area contributed by atoms with Crippen LogP contribution in [-0.4, -0.2) is 17.6 Å². The second kappa shape index (κ2) is 4.08. The molecule has 0 spiro atoms. The van der Waals surface area contributed by atoms with Gasteiger partial charge >= 0.3 is 0 Å². The van der Waals surface area contributed by atoms with Crippen LogP contribution in [0.1, 0.15) is 6.92 Å². The molecule has 5 heteroatoms. The van der Waals surface area contributed by atoms with Gasteiger partial charge in [0.25, 0.3) is 6.01 Å². The van der Waals surface area contributed by atoms with E-state index in [0.29, 0.717) is 23.2 Å². The number of halogens is 1. The maximum atomic E-state index is 5.83. The zero-order valence-corrected chi connectivity index (χ0v) is 9.08. The van der Waals surface area contributed by atoms with Crippen LogP contribution in [0.5, 0.6) is 0 Å². The van der Waals surface area contributed by atoms with Gasteiger partial charge in [-0.2, -0.15) is 4.98 Å². The number of fused-ring (bicyclic) bond motifs is 1. The number of anilines is 1. The highest BCUT2D eigenvalue weighted by atomic mass is 35.5. The first-order valence-electron chi connectivity index (χ1n) is 4.70. The molecule has 0 amide bonds. The zero-order valence-electron chi connectivity index (χ0n) is 8.33. The highest BCUT2D eigenvalue weighted by Gasteiger charge is 2.05. The van der Waals surface area contributed by atoms with Crippen molar-refractivity contribution in [3.63, 3.8) is 0 Å². The molecule has 1 aromatic heterocycles. The van der Waals surface area contributed by atoms with E-state index in [1.165, 1.54) is 0 Å². The molecule has 0 fully saturated rings. The number of nitrogens with one attached hydrogen (secondary N) is 1. The lowest BCUT2D eigenvalue weighted by molar-refractivity contribution is 0.608. The topological polar surface area (TPSA) is 64.1 Å². The number of benzene rings is 1. The van der Waals surface area contributed by atoms with Gasteiger partial charge in [0, 0.05) is 17.6 Å². The summed E-state index contributed by atoms with van der Waals surface area (Å²) < 4.78 is 5.44. The summed E-state index contributed by atoms with van der Waals surface area (Å²) in [6, 6.07) is 5.86. The Kier molecular flexibility index (Phi) is 2.79. The summed E-state index contributed by atoms with van der Waals surface area (Å²) in [5.74, 6) is 0. The summed E-state index contributed by atoms with van der Waals surface area (Å²) in [6.45, 7) is 2.53. The van der Waals surface area contributed by atoms with E-state index in [9.17, 15) is 0 Å². The summed E-state index contributed by atoms with van der Waals surface area (Å²) in [4.78, 5) is 4.23. The molecule has 2 rings (SSSR count). The van der Waals surface area contributed by atoms with Gasteiger partial charge in [0.1, 0.15) is 5.52 Å². The average molecular weight is 226 g/mol. The molecule has 2 aromatic rings. The van der Waals surface area contributed by atoms with Crippen molar-refractivity contribution in [2.75, 3.05) is 11.9 Å². The smallest absolute Gasteiger partial charge is 0.295 e. The minimum Gasteiger partial charge on any atom is -0.424 e. The molecule has 3 N–H and O–H groups in total. The lowest BCUT2D eigenvalue weighted by Crippen LogP contribution is -2.25. The van der Waals surface area contributed by atoms with Crippen molar-refractivity contribution in [1.82, 2.24) is 4.98 Å². The molecule has 80 valence electrons. The molecule has 0 bridgehead atoms. The second-order valence-electron chi connectivity index (χ2n) is 3.49. The molecule has 1 aromatic carbocycles. The van der Waals surface area contributed by atoms with Gasteiger partial charge in [-0.3, -0.25) is 0 Å². The lowest BCUT2D eigenvalue weighted by atomic mass is 10.3. The van der Waals surface area contributed by atoms with Gasteiger partial charge in [0.05, 0.1) is 0 Å². The Bertz CT molecular complexity index is 467. The van der Waals surface area contributed by atoms with Crippen LogP contribution in [0.2, 0.25) is 5.02 Å². The van der Waals surface area contributed by atoms with E-state index in [0.717, 1.165) is 5.52 Å². The van der Waals surface area contributed by atoms with Crippen LogP contribution < -0.4 is 11.1 Å². The van der Waals surface area contributed by atoms with Crippen LogP contribution >= 0.6 is 11.6 Å². The van der Waals surface area contributed by atoms with E-state index in [4.69, 9.17) is 21.8 Å². The first-order valence-corrected chi connectivity index (χ1v) is 5.08. The van der Waals surface area contributed by atoms with E-state index in [1.807, 2.05) is 6.92 Å². The van der Waals surface area contributed by atoms with Crippen LogP contribution in [-0.2, 0) is 0 Å². The van der Waals surface area contributed by atoms with Crippen LogP contribution in [0.4, 0.5) is 6.01 Å². The SMILES string of the molecule is CC(N)CNc1nc2cc(Cl)ccc2o1. The fourth-order valence-corrected chi connectivity index (χ4v) is 1.39. The molecule has 0 aliphatic rings. The van der Waals surface area contributed by atoms with Crippen LogP contribution in [0.25, 0.3) is 11.1 Å². The largest absolute Gasteiger partial charge is 0.424 e. The maximum absolute atomic E-state index is 5.83. The second-order valence-corrected chi connectivity index (χ2v) is 3.93. The Labute approximate surface area is 92.4 Å². The van der Waals surface area contributed by atoms with Crippen LogP contribution in [0.15, 0.2) is 22.6 Å². The molecule has 0 radical (unpaired) electrons. The van der Waals surface area contributed by atoms with E-state index in [2.05, 4.69) is 10.3 Å². The number of hydrogen-bond acceptors (Lipinski definition) is 4. The highest BCUT2D eigenvalue weighted by molar-refractivity contribution is 6.31. The van der Waals surface area contributed by atoms with Crippen molar-refractivity contribution in [3.05, 3.63) is 23.2 Å². The molecule has 0 saturated heterocycles. The molecular weight excluding hydrogens is 214 g/mol. The molecule has 15 heavy (non-hydrogen) atoms. The number of aromatic nitrogens is 1. The van der Waals surface area contributed by atoms with Crippen molar-refractivity contribution >= 4 is 28.7 Å². The van der Waals surface area contributed by atoms with Gasteiger partial charge in [-0.05, 0) is 25.1 Å². The molecule has 1 heterocycles. The van der Waals surface area contributed by atoms with Crippen molar-refractivity contribution in [1.29, 1.82) is 0 Å². The molecule has 0 saturated carbocycles. The normalized spacial score (nSPS) is 13.0. The van der Waals surface area contributed by atoms with Crippen LogP contribution in [0.3, 0.4) is 0 Å². The Morgan fingerprint density at radius 1 is 1.60 bits per heavy atom. The number of rotatable bonds is 3. The monoisotopic (exact) mass is 225 g/mol. The first kappa shape index (κ1) is 10.3. The van der Waals surface area contributed by atoms with E-state index < -0.39 is 0 Å². The van der Waals surface area contributed by atoms with E-state index >= 15 is 0 Å². The van der Waals surface area contributed by atoms with Crippen molar-refractivity contribution in [3.8, 4) is 0 Å². The third-order valence-electron chi connectivity index (χ3n) is 1.92. The van der Waals surface area contributed by atoms with E-state index in [1.54, 1.807) is 18.2 Å². The van der Waals surface area contributed by atoms with Crippen molar-refractivity contribution in [2.24, 2.45) is 5.73 Å². The minimum atomic E-state index is 0.0589. The predicted octanol–water partition coefficient (Wildman–Crippen LogP) is 2.24. The molecule has 0 aliphatic carbocycles.